The normalized spacial score (nSPS) is 13.6. The van der Waals surface area contributed by atoms with Crippen LogP contribution in [-0.2, 0) is 0 Å². The standard InChI is InChI=1S/C12H17N3/c1-9(2)12(5-13)10-3-4-11-6-14-8-15(11)7-10/h3-4,6-9,12H,5,13H2,1-2H3. The quantitative estimate of drug-likeness (QED) is 0.829. The van der Waals surface area contributed by atoms with E-state index in [4.69, 9.17) is 5.73 Å². The third-order valence-corrected chi connectivity index (χ3v) is 2.92. The van der Waals surface area contributed by atoms with Gasteiger partial charge >= 0.3 is 0 Å². The Morgan fingerprint density at radius 3 is 2.87 bits per heavy atom. The van der Waals surface area contributed by atoms with Crippen molar-refractivity contribution in [2.24, 2.45) is 11.7 Å². The minimum atomic E-state index is 0.428. The maximum atomic E-state index is 5.80. The molecule has 0 bridgehead atoms. The maximum absolute atomic E-state index is 5.80. The van der Waals surface area contributed by atoms with Crippen LogP contribution in [0.25, 0.3) is 5.52 Å². The van der Waals surface area contributed by atoms with Gasteiger partial charge in [0.2, 0.25) is 0 Å². The lowest BCUT2D eigenvalue weighted by molar-refractivity contribution is 0.505. The second-order valence-electron chi connectivity index (χ2n) is 4.27. The average Bonchev–Trinajstić information content (AvgIpc) is 2.65. The van der Waals surface area contributed by atoms with Crippen LogP contribution >= 0.6 is 0 Å². The molecule has 0 aliphatic heterocycles. The highest BCUT2D eigenvalue weighted by Crippen LogP contribution is 2.23. The molecule has 80 valence electrons. The van der Waals surface area contributed by atoms with Crippen LogP contribution in [0.4, 0.5) is 0 Å². The Hall–Kier alpha value is -1.35. The van der Waals surface area contributed by atoms with Crippen LogP contribution in [0.15, 0.2) is 30.9 Å². The number of rotatable bonds is 3. The number of nitrogens with zero attached hydrogens (tertiary/aromatic N) is 2. The van der Waals surface area contributed by atoms with Crippen LogP contribution in [0, 0.1) is 5.92 Å². The molecule has 3 heteroatoms. The summed E-state index contributed by atoms with van der Waals surface area (Å²) in [6.07, 6.45) is 5.81. The summed E-state index contributed by atoms with van der Waals surface area (Å²) >= 11 is 0. The van der Waals surface area contributed by atoms with Crippen LogP contribution in [0.3, 0.4) is 0 Å². The molecule has 1 atom stereocenters. The molecule has 0 aliphatic rings. The fourth-order valence-electron chi connectivity index (χ4n) is 1.95. The molecule has 2 aromatic heterocycles. The summed E-state index contributed by atoms with van der Waals surface area (Å²) in [6.45, 7) is 5.10. The fourth-order valence-corrected chi connectivity index (χ4v) is 1.95. The second kappa shape index (κ2) is 4.03. The number of aromatic nitrogens is 2. The van der Waals surface area contributed by atoms with Gasteiger partial charge in [-0.05, 0) is 30.0 Å². The Kier molecular flexibility index (Phi) is 2.73. The third kappa shape index (κ3) is 1.88. The van der Waals surface area contributed by atoms with Crippen molar-refractivity contribution in [3.63, 3.8) is 0 Å². The van der Waals surface area contributed by atoms with Crippen LogP contribution in [-0.4, -0.2) is 15.9 Å². The van der Waals surface area contributed by atoms with Gasteiger partial charge in [-0.25, -0.2) is 4.98 Å². The summed E-state index contributed by atoms with van der Waals surface area (Å²) in [4.78, 5) is 4.10. The molecule has 3 nitrogen and oxygen atoms in total. The van der Waals surface area contributed by atoms with Crippen molar-refractivity contribution in [1.29, 1.82) is 0 Å². The van der Waals surface area contributed by atoms with Gasteiger partial charge in [0.25, 0.3) is 0 Å². The van der Waals surface area contributed by atoms with Crippen molar-refractivity contribution in [2.45, 2.75) is 19.8 Å². The van der Waals surface area contributed by atoms with E-state index in [0.29, 0.717) is 18.4 Å². The maximum Gasteiger partial charge on any atom is 0.0992 e. The molecule has 0 radical (unpaired) electrons. The molecular weight excluding hydrogens is 186 g/mol. The minimum Gasteiger partial charge on any atom is -0.330 e. The van der Waals surface area contributed by atoms with E-state index in [0.717, 1.165) is 5.52 Å². The summed E-state index contributed by atoms with van der Waals surface area (Å²) in [6, 6.07) is 4.24. The van der Waals surface area contributed by atoms with Crippen molar-refractivity contribution in [3.05, 3.63) is 36.4 Å². The van der Waals surface area contributed by atoms with Gasteiger partial charge in [0.15, 0.2) is 0 Å². The zero-order valence-electron chi connectivity index (χ0n) is 9.22. The summed E-state index contributed by atoms with van der Waals surface area (Å²) in [7, 11) is 0. The van der Waals surface area contributed by atoms with E-state index in [1.54, 1.807) is 0 Å². The van der Waals surface area contributed by atoms with Crippen molar-refractivity contribution < 1.29 is 0 Å². The minimum absolute atomic E-state index is 0.428. The first-order valence-electron chi connectivity index (χ1n) is 5.34. The van der Waals surface area contributed by atoms with Gasteiger partial charge in [-0.2, -0.15) is 0 Å². The molecule has 0 saturated heterocycles. The van der Waals surface area contributed by atoms with Crippen LogP contribution in [0.5, 0.6) is 0 Å². The number of hydrogen-bond donors (Lipinski definition) is 1. The Balaban J connectivity index is 2.41. The highest BCUT2D eigenvalue weighted by Gasteiger charge is 2.14. The van der Waals surface area contributed by atoms with Crippen molar-refractivity contribution in [2.75, 3.05) is 6.54 Å². The fraction of sp³-hybridized carbons (Fsp3) is 0.417. The third-order valence-electron chi connectivity index (χ3n) is 2.92. The van der Waals surface area contributed by atoms with Gasteiger partial charge in [-0.3, -0.25) is 0 Å². The van der Waals surface area contributed by atoms with E-state index >= 15 is 0 Å². The average molecular weight is 203 g/mol. The molecule has 0 amide bonds. The zero-order chi connectivity index (χ0) is 10.8. The highest BCUT2D eigenvalue weighted by atomic mass is 15.0. The van der Waals surface area contributed by atoms with Gasteiger partial charge in [0.05, 0.1) is 18.0 Å². The SMILES string of the molecule is CC(C)C(CN)c1ccc2cncn2c1. The van der Waals surface area contributed by atoms with Gasteiger partial charge in [0.1, 0.15) is 0 Å². The van der Waals surface area contributed by atoms with Crippen molar-refractivity contribution in [1.82, 2.24) is 9.38 Å². The van der Waals surface area contributed by atoms with Crippen LogP contribution < -0.4 is 5.73 Å². The summed E-state index contributed by atoms with van der Waals surface area (Å²) < 4.78 is 2.04. The Morgan fingerprint density at radius 1 is 1.40 bits per heavy atom. The molecule has 0 spiro atoms. The molecule has 0 fully saturated rings. The molecule has 0 aromatic carbocycles. The first kappa shape index (κ1) is 10.2. The summed E-state index contributed by atoms with van der Waals surface area (Å²) in [5, 5.41) is 0. The number of fused-ring (bicyclic) bond motifs is 1. The van der Waals surface area contributed by atoms with E-state index in [1.807, 2.05) is 16.9 Å². The molecule has 1 unspecified atom stereocenters. The predicted octanol–water partition coefficient (Wildman–Crippen LogP) is 2.03. The van der Waals surface area contributed by atoms with E-state index in [-0.39, 0.29) is 0 Å². The van der Waals surface area contributed by atoms with Gasteiger partial charge in [0, 0.05) is 6.20 Å². The van der Waals surface area contributed by atoms with E-state index in [2.05, 4.69) is 37.2 Å². The highest BCUT2D eigenvalue weighted by molar-refractivity contribution is 5.45. The van der Waals surface area contributed by atoms with E-state index < -0.39 is 0 Å². The van der Waals surface area contributed by atoms with Gasteiger partial charge < -0.3 is 10.1 Å². The molecule has 15 heavy (non-hydrogen) atoms. The Bertz CT molecular complexity index is 445. The molecule has 2 aromatic rings. The van der Waals surface area contributed by atoms with Crippen molar-refractivity contribution in [3.8, 4) is 0 Å². The lowest BCUT2D eigenvalue weighted by atomic mass is 9.89. The van der Waals surface area contributed by atoms with Gasteiger partial charge in [-0.15, -0.1) is 0 Å². The molecule has 2 rings (SSSR count). The van der Waals surface area contributed by atoms with Crippen LogP contribution in [0.1, 0.15) is 25.3 Å². The topological polar surface area (TPSA) is 43.3 Å². The predicted molar refractivity (Wildman–Crippen MR) is 61.8 cm³/mol. The smallest absolute Gasteiger partial charge is 0.0992 e. The summed E-state index contributed by atoms with van der Waals surface area (Å²) in [5.41, 5.74) is 8.21. The molecule has 0 saturated carbocycles. The second-order valence-corrected chi connectivity index (χ2v) is 4.27. The Morgan fingerprint density at radius 2 is 2.20 bits per heavy atom. The molecular formula is C12H17N3. The van der Waals surface area contributed by atoms with Crippen molar-refractivity contribution >= 4 is 5.52 Å². The monoisotopic (exact) mass is 203 g/mol. The van der Waals surface area contributed by atoms with Gasteiger partial charge in [-0.1, -0.05) is 19.9 Å². The molecule has 0 aliphatic carbocycles. The largest absolute Gasteiger partial charge is 0.330 e. The first-order chi connectivity index (χ1) is 7.22. The number of hydrogen-bond acceptors (Lipinski definition) is 2. The zero-order valence-corrected chi connectivity index (χ0v) is 9.22. The van der Waals surface area contributed by atoms with E-state index in [9.17, 15) is 0 Å². The van der Waals surface area contributed by atoms with E-state index in [1.165, 1.54) is 5.56 Å². The lowest BCUT2D eigenvalue weighted by Gasteiger charge is -2.19. The number of imidazole rings is 1. The molecule has 2 N–H and O–H groups in total. The number of nitrogens with two attached hydrogens (primary N) is 1. The first-order valence-corrected chi connectivity index (χ1v) is 5.34. The lowest BCUT2D eigenvalue weighted by Crippen LogP contribution is -2.18. The Labute approximate surface area is 89.9 Å². The number of pyridine rings is 1. The molecule has 2 heterocycles. The summed E-state index contributed by atoms with van der Waals surface area (Å²) in [5.74, 6) is 0.993. The van der Waals surface area contributed by atoms with Crippen LogP contribution in [0.2, 0.25) is 0 Å².